The first-order valence-electron chi connectivity index (χ1n) is 8.69. The van der Waals surface area contributed by atoms with Crippen LogP contribution in [0.4, 0.5) is 5.69 Å². The molecule has 0 spiro atoms. The molecule has 146 valence electrons. The summed E-state index contributed by atoms with van der Waals surface area (Å²) in [5.41, 5.74) is 1.97. The molecule has 1 amide bonds. The fraction of sp³-hybridized carbons (Fsp3) is 0.100. The number of ether oxygens (including phenoxy) is 1. The first-order chi connectivity index (χ1) is 14.0. The van der Waals surface area contributed by atoms with E-state index in [0.29, 0.717) is 22.6 Å². The van der Waals surface area contributed by atoms with E-state index in [4.69, 9.17) is 4.74 Å². The predicted octanol–water partition coefficient (Wildman–Crippen LogP) is 2.97. The molecule has 0 saturated carbocycles. The van der Waals surface area contributed by atoms with Crippen LogP contribution in [0.25, 0.3) is 16.8 Å². The van der Waals surface area contributed by atoms with E-state index < -0.39 is 5.56 Å². The van der Waals surface area contributed by atoms with Crippen molar-refractivity contribution in [1.29, 1.82) is 0 Å². The third kappa shape index (κ3) is 3.90. The molecule has 0 aliphatic rings. The molecule has 2 aromatic carbocycles. The van der Waals surface area contributed by atoms with Crippen LogP contribution in [-0.4, -0.2) is 32.4 Å². The number of halogens is 1. The summed E-state index contributed by atoms with van der Waals surface area (Å²) in [6, 6.07) is 16.3. The summed E-state index contributed by atoms with van der Waals surface area (Å²) in [4.78, 5) is 25.2. The van der Waals surface area contributed by atoms with Gasteiger partial charge < -0.3 is 10.1 Å². The van der Waals surface area contributed by atoms with Gasteiger partial charge in [0, 0.05) is 10.0 Å². The summed E-state index contributed by atoms with van der Waals surface area (Å²) in [7, 11) is 1.52. The Morgan fingerprint density at radius 2 is 1.93 bits per heavy atom. The molecule has 8 nitrogen and oxygen atoms in total. The van der Waals surface area contributed by atoms with Crippen molar-refractivity contribution in [2.24, 2.45) is 0 Å². The van der Waals surface area contributed by atoms with Gasteiger partial charge in [-0.15, -0.1) is 0 Å². The Morgan fingerprint density at radius 3 is 2.69 bits per heavy atom. The van der Waals surface area contributed by atoms with Gasteiger partial charge in [-0.25, -0.2) is 9.20 Å². The average Bonchev–Trinajstić information content (AvgIpc) is 3.16. The maximum absolute atomic E-state index is 12.8. The van der Waals surface area contributed by atoms with E-state index in [-0.39, 0.29) is 12.5 Å². The van der Waals surface area contributed by atoms with Gasteiger partial charge in [0.1, 0.15) is 24.1 Å². The SMILES string of the molecule is COc1ccccc1NC(=O)Cn1ncn2nc(-c3ccc(Br)cc3)cc2c1=O. The van der Waals surface area contributed by atoms with E-state index in [1.54, 1.807) is 30.3 Å². The fourth-order valence-electron chi connectivity index (χ4n) is 2.89. The van der Waals surface area contributed by atoms with Gasteiger partial charge in [0.05, 0.1) is 18.5 Å². The zero-order chi connectivity index (χ0) is 20.4. The van der Waals surface area contributed by atoms with E-state index in [9.17, 15) is 9.59 Å². The van der Waals surface area contributed by atoms with Crippen LogP contribution in [0.3, 0.4) is 0 Å². The quantitative estimate of drug-likeness (QED) is 0.501. The van der Waals surface area contributed by atoms with Gasteiger partial charge in [0.2, 0.25) is 5.91 Å². The van der Waals surface area contributed by atoms with Gasteiger partial charge in [-0.05, 0) is 30.3 Å². The van der Waals surface area contributed by atoms with Crippen molar-refractivity contribution in [3.05, 3.63) is 75.8 Å². The number of nitrogens with zero attached hydrogens (tertiary/aromatic N) is 4. The van der Waals surface area contributed by atoms with Crippen molar-refractivity contribution in [1.82, 2.24) is 19.4 Å². The normalized spacial score (nSPS) is 10.8. The summed E-state index contributed by atoms with van der Waals surface area (Å²) >= 11 is 3.39. The number of carbonyl (C=O) groups is 1. The van der Waals surface area contributed by atoms with Crippen molar-refractivity contribution in [2.45, 2.75) is 6.54 Å². The van der Waals surface area contributed by atoms with Crippen molar-refractivity contribution >= 4 is 33.0 Å². The molecule has 0 fully saturated rings. The lowest BCUT2D eigenvalue weighted by atomic mass is 10.1. The maximum atomic E-state index is 12.8. The number of rotatable bonds is 5. The van der Waals surface area contributed by atoms with Gasteiger partial charge in [0.15, 0.2) is 0 Å². The summed E-state index contributed by atoms with van der Waals surface area (Å²) in [5.74, 6) is 0.146. The second-order valence-electron chi connectivity index (χ2n) is 6.21. The van der Waals surface area contributed by atoms with Gasteiger partial charge in [0.25, 0.3) is 5.56 Å². The van der Waals surface area contributed by atoms with Gasteiger partial charge in [-0.1, -0.05) is 40.2 Å². The molecule has 9 heteroatoms. The number of nitrogens with one attached hydrogen (secondary N) is 1. The van der Waals surface area contributed by atoms with E-state index in [1.165, 1.54) is 18.0 Å². The lowest BCUT2D eigenvalue weighted by molar-refractivity contribution is -0.117. The standard InChI is InChI=1S/C20H16BrN5O3/c1-29-18-5-3-2-4-15(18)23-19(27)11-25-20(28)17-10-16(24-26(17)12-22-25)13-6-8-14(21)9-7-13/h2-10,12H,11H2,1H3,(H,23,27). The Hall–Kier alpha value is -3.46. The molecular weight excluding hydrogens is 438 g/mol. The van der Waals surface area contributed by atoms with E-state index in [1.807, 2.05) is 24.3 Å². The largest absolute Gasteiger partial charge is 0.495 e. The molecule has 0 bridgehead atoms. The number of para-hydroxylation sites is 2. The molecular formula is C20H16BrN5O3. The molecule has 0 radical (unpaired) electrons. The van der Waals surface area contributed by atoms with Gasteiger partial charge >= 0.3 is 0 Å². The number of aromatic nitrogens is 4. The number of benzene rings is 2. The third-order valence-electron chi connectivity index (χ3n) is 4.30. The van der Waals surface area contributed by atoms with E-state index in [2.05, 4.69) is 31.4 Å². The minimum atomic E-state index is -0.404. The number of methoxy groups -OCH3 is 1. The summed E-state index contributed by atoms with van der Waals surface area (Å²) in [6.07, 6.45) is 1.41. The highest BCUT2D eigenvalue weighted by molar-refractivity contribution is 9.10. The van der Waals surface area contributed by atoms with Crippen LogP contribution in [0.15, 0.2) is 70.2 Å². The topological polar surface area (TPSA) is 90.5 Å². The molecule has 4 aromatic rings. The molecule has 0 aliphatic carbocycles. The monoisotopic (exact) mass is 453 g/mol. The highest BCUT2D eigenvalue weighted by Crippen LogP contribution is 2.23. The van der Waals surface area contributed by atoms with Crippen LogP contribution in [0, 0.1) is 0 Å². The number of amides is 1. The highest BCUT2D eigenvalue weighted by Gasteiger charge is 2.13. The predicted molar refractivity (Wildman–Crippen MR) is 112 cm³/mol. The van der Waals surface area contributed by atoms with Gasteiger partial charge in [-0.2, -0.15) is 10.2 Å². The van der Waals surface area contributed by atoms with E-state index >= 15 is 0 Å². The van der Waals surface area contributed by atoms with Crippen LogP contribution in [0.1, 0.15) is 0 Å². The number of hydrogen-bond acceptors (Lipinski definition) is 5. The Balaban J connectivity index is 1.59. The molecule has 29 heavy (non-hydrogen) atoms. The molecule has 2 aromatic heterocycles. The summed E-state index contributed by atoms with van der Waals surface area (Å²) in [6.45, 7) is -0.230. The number of anilines is 1. The number of fused-ring (bicyclic) bond motifs is 1. The summed E-state index contributed by atoms with van der Waals surface area (Å²) < 4.78 is 8.69. The van der Waals surface area contributed by atoms with Crippen LogP contribution >= 0.6 is 15.9 Å². The highest BCUT2D eigenvalue weighted by atomic mass is 79.9. The average molecular weight is 454 g/mol. The van der Waals surface area contributed by atoms with Crippen LogP contribution in [0.2, 0.25) is 0 Å². The van der Waals surface area contributed by atoms with Crippen LogP contribution in [-0.2, 0) is 11.3 Å². The number of hydrogen-bond donors (Lipinski definition) is 1. The Morgan fingerprint density at radius 1 is 1.17 bits per heavy atom. The van der Waals surface area contributed by atoms with Crippen LogP contribution < -0.4 is 15.6 Å². The molecule has 2 heterocycles. The molecule has 0 unspecified atom stereocenters. The first-order valence-corrected chi connectivity index (χ1v) is 9.49. The van der Waals surface area contributed by atoms with Crippen molar-refractivity contribution in [2.75, 3.05) is 12.4 Å². The summed E-state index contributed by atoms with van der Waals surface area (Å²) in [5, 5.41) is 11.2. The lowest BCUT2D eigenvalue weighted by Gasteiger charge is -2.10. The van der Waals surface area contributed by atoms with Crippen LogP contribution in [0.5, 0.6) is 5.75 Å². The van der Waals surface area contributed by atoms with Gasteiger partial charge in [-0.3, -0.25) is 9.59 Å². The molecule has 0 saturated heterocycles. The Labute approximate surface area is 173 Å². The molecule has 0 aliphatic heterocycles. The third-order valence-corrected chi connectivity index (χ3v) is 4.83. The first kappa shape index (κ1) is 18.9. The molecule has 0 atom stereocenters. The van der Waals surface area contributed by atoms with E-state index in [0.717, 1.165) is 14.7 Å². The maximum Gasteiger partial charge on any atom is 0.293 e. The second-order valence-corrected chi connectivity index (χ2v) is 7.12. The fourth-order valence-corrected chi connectivity index (χ4v) is 3.15. The Kier molecular flexibility index (Phi) is 5.13. The minimum absolute atomic E-state index is 0.230. The lowest BCUT2D eigenvalue weighted by Crippen LogP contribution is -2.30. The Bertz CT molecular complexity index is 1250. The zero-order valence-corrected chi connectivity index (χ0v) is 17.0. The van der Waals surface area contributed by atoms with Crippen molar-refractivity contribution in [3.8, 4) is 17.0 Å². The zero-order valence-electron chi connectivity index (χ0n) is 15.4. The number of carbonyl (C=O) groups excluding carboxylic acids is 1. The smallest absolute Gasteiger partial charge is 0.293 e. The second kappa shape index (κ2) is 7.88. The molecule has 1 N–H and O–H groups in total. The van der Waals surface area contributed by atoms with Crippen molar-refractivity contribution < 1.29 is 9.53 Å². The molecule has 4 rings (SSSR count). The minimum Gasteiger partial charge on any atom is -0.495 e. The van der Waals surface area contributed by atoms with Crippen molar-refractivity contribution in [3.63, 3.8) is 0 Å².